The molecule has 10 heteroatoms. The van der Waals surface area contributed by atoms with Gasteiger partial charge in [-0.05, 0) is 88.0 Å². The molecule has 0 saturated carbocycles. The fraction of sp³-hybridized carbons (Fsp3) is 0.387. The maximum atomic E-state index is 13.8. The molecule has 3 aromatic rings. The number of carbonyl (C=O) groups is 1. The molecule has 1 atom stereocenters. The van der Waals surface area contributed by atoms with Crippen molar-refractivity contribution in [3.63, 3.8) is 0 Å². The van der Waals surface area contributed by atoms with Crippen LogP contribution in [0.2, 0.25) is 0 Å². The highest BCUT2D eigenvalue weighted by Crippen LogP contribution is 2.39. The highest BCUT2D eigenvalue weighted by Gasteiger charge is 2.36. The number of hydrogen-bond acceptors (Lipinski definition) is 5. The number of halogens is 3. The summed E-state index contributed by atoms with van der Waals surface area (Å²) in [6.07, 6.45) is 1.99. The van der Waals surface area contributed by atoms with Crippen molar-refractivity contribution in [3.8, 4) is 16.9 Å². The third-order valence-electron chi connectivity index (χ3n) is 7.59. The van der Waals surface area contributed by atoms with Gasteiger partial charge in [0.15, 0.2) is 0 Å². The number of benzene rings is 2. The number of aliphatic imine (C=N–C) groups is 1. The molecular formula is C31H34F3N5O2. The Morgan fingerprint density at radius 2 is 1.68 bits per heavy atom. The Kier molecular flexibility index (Phi) is 8.30. The average Bonchev–Trinajstić information content (AvgIpc) is 3.08. The van der Waals surface area contributed by atoms with E-state index < -0.39 is 17.8 Å². The number of amides is 2. The maximum absolute atomic E-state index is 13.8. The number of aryl methyl sites for hydroxylation is 1. The number of hydrogen-bond donors (Lipinski definition) is 2. The van der Waals surface area contributed by atoms with E-state index in [1.807, 2.05) is 38.5 Å². The number of carbonyl (C=O) groups excluding carboxylic acids is 1. The van der Waals surface area contributed by atoms with E-state index >= 15 is 0 Å². The third kappa shape index (κ3) is 6.87. The predicted octanol–water partition coefficient (Wildman–Crippen LogP) is 7.03. The lowest BCUT2D eigenvalue weighted by Crippen LogP contribution is -2.36. The van der Waals surface area contributed by atoms with Crippen LogP contribution in [0.25, 0.3) is 11.1 Å². The highest BCUT2D eigenvalue weighted by molar-refractivity contribution is 6.06. The summed E-state index contributed by atoms with van der Waals surface area (Å²) in [5.74, 6) is -0.225. The van der Waals surface area contributed by atoms with Gasteiger partial charge in [-0.2, -0.15) is 13.2 Å². The Morgan fingerprint density at radius 3 is 2.39 bits per heavy atom. The lowest BCUT2D eigenvalue weighted by molar-refractivity contribution is -0.139. The molecule has 2 amide bonds. The van der Waals surface area contributed by atoms with Gasteiger partial charge in [0, 0.05) is 59.7 Å². The zero-order valence-electron chi connectivity index (χ0n) is 23.4. The first-order chi connectivity index (χ1) is 19.6. The summed E-state index contributed by atoms with van der Waals surface area (Å²) in [4.78, 5) is 24.0. The molecule has 1 saturated heterocycles. The summed E-state index contributed by atoms with van der Waals surface area (Å²) in [7, 11) is 1.97. The molecule has 7 nitrogen and oxygen atoms in total. The number of anilines is 2. The van der Waals surface area contributed by atoms with Crippen molar-refractivity contribution in [2.45, 2.75) is 57.9 Å². The van der Waals surface area contributed by atoms with Gasteiger partial charge in [-0.3, -0.25) is 9.98 Å². The molecule has 2 aromatic carbocycles. The number of aromatic nitrogens is 1. The van der Waals surface area contributed by atoms with Crippen LogP contribution in [0.5, 0.6) is 5.75 Å². The number of urea groups is 1. The van der Waals surface area contributed by atoms with Crippen LogP contribution in [-0.4, -0.2) is 53.9 Å². The summed E-state index contributed by atoms with van der Waals surface area (Å²) in [5, 5.41) is 5.20. The topological polar surface area (TPSA) is 78.8 Å². The Labute approximate surface area is 237 Å². The van der Waals surface area contributed by atoms with E-state index in [1.54, 1.807) is 12.1 Å². The minimum atomic E-state index is -4.63. The van der Waals surface area contributed by atoms with E-state index in [9.17, 15) is 18.0 Å². The van der Waals surface area contributed by atoms with Gasteiger partial charge in [-0.25, -0.2) is 4.79 Å². The molecule has 2 aliphatic rings. The fourth-order valence-electron chi connectivity index (χ4n) is 5.40. The van der Waals surface area contributed by atoms with Crippen LogP contribution in [0.15, 0.2) is 59.9 Å². The lowest BCUT2D eigenvalue weighted by atomic mass is 9.94. The lowest BCUT2D eigenvalue weighted by Gasteiger charge is -2.30. The predicted molar refractivity (Wildman–Crippen MR) is 155 cm³/mol. The van der Waals surface area contributed by atoms with Crippen molar-refractivity contribution >= 4 is 23.1 Å². The molecule has 0 radical (unpaired) electrons. The second-order valence-electron chi connectivity index (χ2n) is 10.8. The molecule has 5 rings (SSSR count). The number of likely N-dealkylation sites (tertiary alicyclic amines) is 1. The molecule has 1 unspecified atom stereocenters. The van der Waals surface area contributed by atoms with E-state index in [1.165, 1.54) is 12.1 Å². The van der Waals surface area contributed by atoms with Crippen LogP contribution in [0.3, 0.4) is 0 Å². The van der Waals surface area contributed by atoms with Gasteiger partial charge in [0.25, 0.3) is 0 Å². The molecule has 41 heavy (non-hydrogen) atoms. The largest absolute Gasteiger partial charge is 0.490 e. The van der Waals surface area contributed by atoms with Gasteiger partial charge >= 0.3 is 12.2 Å². The number of pyridine rings is 1. The Bertz CT molecular complexity index is 1430. The maximum Gasteiger partial charge on any atom is 0.420 e. The molecule has 1 fully saturated rings. The van der Waals surface area contributed by atoms with Crippen molar-refractivity contribution < 1.29 is 22.7 Å². The Balaban J connectivity index is 1.27. The molecular weight excluding hydrogens is 531 g/mol. The van der Waals surface area contributed by atoms with E-state index in [0.717, 1.165) is 60.0 Å². The number of nitrogens with zero attached hydrogens (tertiary/aromatic N) is 3. The van der Waals surface area contributed by atoms with E-state index in [0.29, 0.717) is 18.5 Å². The number of nitrogens with one attached hydrogen (secondary N) is 2. The van der Waals surface area contributed by atoms with Gasteiger partial charge in [-0.15, -0.1) is 0 Å². The minimum Gasteiger partial charge on any atom is -0.490 e. The van der Waals surface area contributed by atoms with Crippen molar-refractivity contribution in [1.82, 2.24) is 9.88 Å². The van der Waals surface area contributed by atoms with Gasteiger partial charge in [0.2, 0.25) is 0 Å². The molecule has 216 valence electrons. The molecule has 0 spiro atoms. The molecule has 1 aromatic heterocycles. The van der Waals surface area contributed by atoms with E-state index in [-0.39, 0.29) is 23.6 Å². The number of ether oxygens (including phenoxy) is 1. The zero-order valence-corrected chi connectivity index (χ0v) is 23.4. The molecule has 2 N–H and O–H groups in total. The zero-order chi connectivity index (χ0) is 29.1. The van der Waals surface area contributed by atoms with Crippen LogP contribution < -0.4 is 15.4 Å². The van der Waals surface area contributed by atoms with Crippen molar-refractivity contribution in [2.24, 2.45) is 4.99 Å². The smallest absolute Gasteiger partial charge is 0.420 e. The second kappa shape index (κ2) is 11.9. The van der Waals surface area contributed by atoms with Crippen LogP contribution >= 0.6 is 0 Å². The molecule has 0 aliphatic carbocycles. The van der Waals surface area contributed by atoms with Crippen LogP contribution in [0.1, 0.15) is 49.8 Å². The Morgan fingerprint density at radius 1 is 1.00 bits per heavy atom. The van der Waals surface area contributed by atoms with Crippen LogP contribution in [-0.2, 0) is 12.6 Å². The van der Waals surface area contributed by atoms with Gasteiger partial charge in [0.1, 0.15) is 11.9 Å². The third-order valence-corrected chi connectivity index (χ3v) is 7.59. The summed E-state index contributed by atoms with van der Waals surface area (Å²) in [6.45, 7) is 5.66. The summed E-state index contributed by atoms with van der Waals surface area (Å²) < 4.78 is 47.3. The van der Waals surface area contributed by atoms with Gasteiger partial charge < -0.3 is 20.3 Å². The van der Waals surface area contributed by atoms with Crippen molar-refractivity contribution in [1.29, 1.82) is 0 Å². The monoisotopic (exact) mass is 565 g/mol. The fourth-order valence-corrected chi connectivity index (χ4v) is 5.40. The number of alkyl halides is 3. The molecule has 0 bridgehead atoms. The first kappa shape index (κ1) is 28.6. The van der Waals surface area contributed by atoms with Crippen molar-refractivity contribution in [2.75, 3.05) is 30.8 Å². The summed E-state index contributed by atoms with van der Waals surface area (Å²) in [6, 6.07) is 10.5. The number of rotatable bonds is 5. The Hall–Kier alpha value is -3.92. The first-order valence-corrected chi connectivity index (χ1v) is 13.8. The number of piperidine rings is 1. The average molecular weight is 566 g/mol. The SMILES string of the molecule is CC1=NC(C)CCc2cncc(-c3ccc(NC(=O)Nc4ccc(OC5CCN(C)CC5)c(C(F)(F)F)c4)cc3)c21. The van der Waals surface area contributed by atoms with E-state index in [4.69, 9.17) is 9.73 Å². The quantitative estimate of drug-likeness (QED) is 0.348. The van der Waals surface area contributed by atoms with Gasteiger partial charge in [-0.1, -0.05) is 12.1 Å². The minimum absolute atomic E-state index is 0.0178. The highest BCUT2D eigenvalue weighted by atomic mass is 19.4. The van der Waals surface area contributed by atoms with Crippen LogP contribution in [0, 0.1) is 0 Å². The standard InChI is InChI=1S/C31H34F3N5O2/c1-19-4-5-22-17-35-18-26(29(22)20(2)36-19)21-6-8-23(9-7-21)37-30(40)38-24-10-11-28(27(16-24)31(32,33)34)41-25-12-14-39(3)15-13-25/h6-11,16-19,25H,4-5,12-15H2,1-3H3,(H2,37,38,40). The van der Waals surface area contributed by atoms with E-state index in [2.05, 4.69) is 27.4 Å². The second-order valence-corrected chi connectivity index (χ2v) is 10.8. The number of fused-ring (bicyclic) bond motifs is 1. The van der Waals surface area contributed by atoms with Crippen molar-refractivity contribution in [3.05, 3.63) is 71.5 Å². The summed E-state index contributed by atoms with van der Waals surface area (Å²) in [5.41, 5.74) is 4.73. The first-order valence-electron chi connectivity index (χ1n) is 13.8. The van der Waals surface area contributed by atoms with Crippen LogP contribution in [0.4, 0.5) is 29.3 Å². The van der Waals surface area contributed by atoms with Gasteiger partial charge in [0.05, 0.1) is 5.56 Å². The normalized spacial score (nSPS) is 18.2. The summed E-state index contributed by atoms with van der Waals surface area (Å²) >= 11 is 0. The molecule has 2 aliphatic heterocycles. The molecule has 3 heterocycles.